The molecule has 0 heterocycles. The predicted octanol–water partition coefficient (Wildman–Crippen LogP) is 3.05. The summed E-state index contributed by atoms with van der Waals surface area (Å²) in [7, 11) is 0. The normalized spacial score (nSPS) is 10.7. The second-order valence-corrected chi connectivity index (χ2v) is 5.13. The summed E-state index contributed by atoms with van der Waals surface area (Å²) >= 11 is 0. The van der Waals surface area contributed by atoms with Gasteiger partial charge in [0.15, 0.2) is 18.2 Å². The molecule has 0 spiro atoms. The Morgan fingerprint density at radius 2 is 2.14 bits per heavy atom. The summed E-state index contributed by atoms with van der Waals surface area (Å²) in [5.41, 5.74) is 0.685. The summed E-state index contributed by atoms with van der Waals surface area (Å²) in [5, 5.41) is 3.20. The van der Waals surface area contributed by atoms with Crippen molar-refractivity contribution >= 4 is 5.97 Å². The Morgan fingerprint density at radius 1 is 1.38 bits per heavy atom. The van der Waals surface area contributed by atoms with Gasteiger partial charge in [0.2, 0.25) is 0 Å². The third-order valence-corrected chi connectivity index (χ3v) is 2.84. The minimum absolute atomic E-state index is 0.109. The molecule has 4 nitrogen and oxygen atoms in total. The first kappa shape index (κ1) is 17.4. The van der Waals surface area contributed by atoms with Gasteiger partial charge in [-0.25, -0.2) is 9.18 Å². The number of nitrogens with one attached hydrogen (secondary N) is 1. The molecule has 0 saturated carbocycles. The lowest BCUT2D eigenvalue weighted by molar-refractivity contribution is -0.146. The van der Waals surface area contributed by atoms with Crippen LogP contribution in [0.15, 0.2) is 18.2 Å². The molecule has 0 aliphatic carbocycles. The summed E-state index contributed by atoms with van der Waals surface area (Å²) in [6, 6.07) is 4.99. The molecule has 1 aromatic rings. The fourth-order valence-corrected chi connectivity index (χ4v) is 1.67. The van der Waals surface area contributed by atoms with Gasteiger partial charge < -0.3 is 14.8 Å². The van der Waals surface area contributed by atoms with Gasteiger partial charge in [-0.2, -0.15) is 0 Å². The fraction of sp³-hybridized carbons (Fsp3) is 0.562. The van der Waals surface area contributed by atoms with Gasteiger partial charge in [0, 0.05) is 18.2 Å². The van der Waals surface area contributed by atoms with Crippen LogP contribution in [0, 0.1) is 5.82 Å². The third kappa shape index (κ3) is 6.58. The van der Waals surface area contributed by atoms with Crippen molar-refractivity contribution in [2.24, 2.45) is 0 Å². The van der Waals surface area contributed by atoms with Crippen molar-refractivity contribution in [2.75, 3.05) is 13.2 Å². The first-order valence-corrected chi connectivity index (χ1v) is 7.33. The molecule has 1 aromatic carbocycles. The monoisotopic (exact) mass is 297 g/mol. The highest BCUT2D eigenvalue weighted by molar-refractivity contribution is 5.71. The molecule has 1 N–H and O–H groups in total. The quantitative estimate of drug-likeness (QED) is 0.562. The predicted molar refractivity (Wildman–Crippen MR) is 79.7 cm³/mol. The van der Waals surface area contributed by atoms with E-state index in [0.717, 1.165) is 12.8 Å². The first-order chi connectivity index (χ1) is 10.0. The van der Waals surface area contributed by atoms with Crippen LogP contribution in [0.1, 0.15) is 39.2 Å². The molecule has 0 amide bonds. The Hall–Kier alpha value is -1.62. The molecule has 0 aromatic heterocycles. The first-order valence-electron chi connectivity index (χ1n) is 7.33. The second kappa shape index (κ2) is 9.34. The highest BCUT2D eigenvalue weighted by atomic mass is 19.1. The second-order valence-electron chi connectivity index (χ2n) is 5.13. The third-order valence-electron chi connectivity index (χ3n) is 2.84. The van der Waals surface area contributed by atoms with E-state index in [2.05, 4.69) is 5.32 Å². The van der Waals surface area contributed by atoms with Crippen molar-refractivity contribution < 1.29 is 18.7 Å². The van der Waals surface area contributed by atoms with Crippen LogP contribution >= 0.6 is 0 Å². The van der Waals surface area contributed by atoms with E-state index in [0.29, 0.717) is 18.7 Å². The molecule has 0 radical (unpaired) electrons. The maximum absolute atomic E-state index is 13.8. The van der Waals surface area contributed by atoms with E-state index >= 15 is 0 Å². The largest absolute Gasteiger partial charge is 0.478 e. The Labute approximate surface area is 125 Å². The van der Waals surface area contributed by atoms with Crippen LogP contribution in [0.3, 0.4) is 0 Å². The molecule has 118 valence electrons. The van der Waals surface area contributed by atoms with E-state index in [1.54, 1.807) is 12.1 Å². The average molecular weight is 297 g/mol. The number of halogens is 1. The Kier molecular flexibility index (Phi) is 7.75. The summed E-state index contributed by atoms with van der Waals surface area (Å²) in [6.07, 6.45) is 1.77. The highest BCUT2D eigenvalue weighted by Crippen LogP contribution is 2.22. The number of para-hydroxylation sites is 1. The zero-order chi connectivity index (χ0) is 15.7. The lowest BCUT2D eigenvalue weighted by Gasteiger charge is -2.14. The SMILES string of the molecule is CCCCOC(=O)COc1c(F)cccc1CNC(C)C. The molecule has 5 heteroatoms. The minimum atomic E-state index is -0.477. The number of unbranched alkanes of at least 4 members (excludes halogenated alkanes) is 1. The molecule has 0 bridgehead atoms. The number of benzene rings is 1. The minimum Gasteiger partial charge on any atom is -0.478 e. The fourth-order valence-electron chi connectivity index (χ4n) is 1.67. The van der Waals surface area contributed by atoms with Gasteiger partial charge in [0.25, 0.3) is 0 Å². The van der Waals surface area contributed by atoms with E-state index < -0.39 is 11.8 Å². The molecule has 1 rings (SSSR count). The summed E-state index contributed by atoms with van der Waals surface area (Å²) in [6.45, 7) is 6.60. The van der Waals surface area contributed by atoms with E-state index in [9.17, 15) is 9.18 Å². The van der Waals surface area contributed by atoms with E-state index in [1.807, 2.05) is 20.8 Å². The van der Waals surface area contributed by atoms with Gasteiger partial charge in [-0.3, -0.25) is 0 Å². The number of rotatable bonds is 9. The molecule has 0 fully saturated rings. The topological polar surface area (TPSA) is 47.6 Å². The Morgan fingerprint density at radius 3 is 2.81 bits per heavy atom. The molecule has 0 aliphatic rings. The van der Waals surface area contributed by atoms with Gasteiger partial charge in [-0.1, -0.05) is 39.3 Å². The van der Waals surface area contributed by atoms with Crippen molar-refractivity contribution in [1.29, 1.82) is 0 Å². The van der Waals surface area contributed by atoms with Crippen LogP contribution in [0.2, 0.25) is 0 Å². The number of carbonyl (C=O) groups excluding carboxylic acids is 1. The molecular weight excluding hydrogens is 273 g/mol. The standard InChI is InChI=1S/C16H24FNO3/c1-4-5-9-20-15(19)11-21-16-13(10-18-12(2)3)7-6-8-14(16)17/h6-8,12,18H,4-5,9-11H2,1-3H3. The van der Waals surface area contributed by atoms with Gasteiger partial charge in [0.05, 0.1) is 6.61 Å². The highest BCUT2D eigenvalue weighted by Gasteiger charge is 2.12. The number of carbonyl (C=O) groups is 1. The van der Waals surface area contributed by atoms with E-state index in [1.165, 1.54) is 6.07 Å². The maximum Gasteiger partial charge on any atom is 0.344 e. The van der Waals surface area contributed by atoms with Crippen LogP contribution in [0.4, 0.5) is 4.39 Å². The van der Waals surface area contributed by atoms with Crippen molar-refractivity contribution in [3.63, 3.8) is 0 Å². The zero-order valence-corrected chi connectivity index (χ0v) is 12.9. The van der Waals surface area contributed by atoms with Crippen molar-refractivity contribution in [3.8, 4) is 5.75 Å². The summed E-state index contributed by atoms with van der Waals surface area (Å²) < 4.78 is 24.1. The van der Waals surface area contributed by atoms with Crippen LogP contribution in [-0.4, -0.2) is 25.2 Å². The Balaban J connectivity index is 2.58. The lowest BCUT2D eigenvalue weighted by atomic mass is 10.2. The molecule has 21 heavy (non-hydrogen) atoms. The van der Waals surface area contributed by atoms with Crippen LogP contribution in [0.5, 0.6) is 5.75 Å². The number of hydrogen-bond donors (Lipinski definition) is 1. The van der Waals surface area contributed by atoms with Gasteiger partial charge in [-0.15, -0.1) is 0 Å². The van der Waals surface area contributed by atoms with Crippen LogP contribution in [-0.2, 0) is 16.1 Å². The molecule has 0 saturated heterocycles. The maximum atomic E-state index is 13.8. The smallest absolute Gasteiger partial charge is 0.344 e. The summed E-state index contributed by atoms with van der Waals surface area (Å²) in [4.78, 5) is 11.5. The van der Waals surface area contributed by atoms with Crippen LogP contribution in [0.25, 0.3) is 0 Å². The van der Waals surface area contributed by atoms with E-state index in [-0.39, 0.29) is 18.4 Å². The zero-order valence-electron chi connectivity index (χ0n) is 12.9. The molecular formula is C16H24FNO3. The number of hydrogen-bond acceptors (Lipinski definition) is 4. The van der Waals surface area contributed by atoms with Gasteiger partial charge >= 0.3 is 5.97 Å². The van der Waals surface area contributed by atoms with Crippen LogP contribution < -0.4 is 10.1 Å². The Bertz CT molecular complexity index is 449. The van der Waals surface area contributed by atoms with E-state index in [4.69, 9.17) is 9.47 Å². The van der Waals surface area contributed by atoms with Crippen molar-refractivity contribution in [2.45, 2.75) is 46.2 Å². The average Bonchev–Trinajstić information content (AvgIpc) is 2.44. The van der Waals surface area contributed by atoms with Gasteiger partial charge in [-0.05, 0) is 12.5 Å². The summed E-state index contributed by atoms with van der Waals surface area (Å²) in [5.74, 6) is -0.841. The molecule has 0 atom stereocenters. The molecule has 0 aliphatic heterocycles. The van der Waals surface area contributed by atoms with Crippen molar-refractivity contribution in [3.05, 3.63) is 29.6 Å². The number of esters is 1. The van der Waals surface area contributed by atoms with Crippen molar-refractivity contribution in [1.82, 2.24) is 5.32 Å². The molecule has 0 unspecified atom stereocenters. The van der Waals surface area contributed by atoms with Gasteiger partial charge in [0.1, 0.15) is 0 Å². The number of ether oxygens (including phenoxy) is 2. The lowest BCUT2D eigenvalue weighted by Crippen LogP contribution is -2.23.